The number of pyridine rings is 1. The second-order valence-electron chi connectivity index (χ2n) is 7.07. The van der Waals surface area contributed by atoms with Gasteiger partial charge in [0.15, 0.2) is 0 Å². The Morgan fingerprint density at radius 2 is 2.08 bits per heavy atom. The van der Waals surface area contributed by atoms with E-state index in [1.54, 1.807) is 4.68 Å². The summed E-state index contributed by atoms with van der Waals surface area (Å²) in [4.78, 5) is 4.36. The first kappa shape index (κ1) is 17.8. The quantitative estimate of drug-likeness (QED) is 0.687. The van der Waals surface area contributed by atoms with E-state index in [1.165, 1.54) is 0 Å². The van der Waals surface area contributed by atoms with Crippen LogP contribution in [0.4, 0.5) is 0 Å². The van der Waals surface area contributed by atoms with Gasteiger partial charge < -0.3 is 20.3 Å². The predicted molar refractivity (Wildman–Crippen MR) is 93.1 cm³/mol. The molecule has 1 aliphatic carbocycles. The summed E-state index contributed by atoms with van der Waals surface area (Å²) in [5, 5.41) is 27.6. The molecule has 0 saturated heterocycles. The molecule has 1 aliphatic rings. The van der Waals surface area contributed by atoms with Gasteiger partial charge in [-0.15, -0.1) is 0 Å². The summed E-state index contributed by atoms with van der Waals surface area (Å²) >= 11 is 0. The molecule has 0 spiro atoms. The first-order valence-corrected chi connectivity index (χ1v) is 8.57. The molecule has 1 fully saturated rings. The molecular formula is C18H26N4O3. The lowest BCUT2D eigenvalue weighted by atomic mass is 9.86. The number of nitrogens with one attached hydrogen (secondary N) is 1. The van der Waals surface area contributed by atoms with E-state index in [4.69, 9.17) is 4.74 Å². The van der Waals surface area contributed by atoms with Gasteiger partial charge in [0.25, 0.3) is 0 Å². The van der Waals surface area contributed by atoms with Crippen molar-refractivity contribution in [3.63, 3.8) is 0 Å². The number of nitrogens with zero attached hydrogens (tertiary/aromatic N) is 3. The smallest absolute Gasteiger partial charge is 0.213 e. The molecular weight excluding hydrogens is 320 g/mol. The third-order valence-corrected chi connectivity index (χ3v) is 4.70. The Hall–Kier alpha value is -1.96. The van der Waals surface area contributed by atoms with Crippen LogP contribution in [0.2, 0.25) is 0 Å². The maximum atomic E-state index is 10.0. The maximum Gasteiger partial charge on any atom is 0.213 e. The number of rotatable bonds is 7. The molecule has 1 unspecified atom stereocenters. The summed E-state index contributed by atoms with van der Waals surface area (Å²) in [7, 11) is 1.89. The van der Waals surface area contributed by atoms with E-state index in [1.807, 2.05) is 44.6 Å². The molecule has 0 bridgehead atoms. The van der Waals surface area contributed by atoms with Crippen molar-refractivity contribution in [3.8, 4) is 5.88 Å². The molecule has 0 aromatic carbocycles. The van der Waals surface area contributed by atoms with Crippen molar-refractivity contribution in [2.24, 2.45) is 12.5 Å². The zero-order valence-electron chi connectivity index (χ0n) is 14.7. The zero-order valence-corrected chi connectivity index (χ0v) is 14.7. The van der Waals surface area contributed by atoms with Crippen molar-refractivity contribution >= 4 is 0 Å². The van der Waals surface area contributed by atoms with Gasteiger partial charge >= 0.3 is 0 Å². The fraction of sp³-hybridized carbons (Fsp3) is 0.556. The van der Waals surface area contributed by atoms with E-state index in [9.17, 15) is 10.2 Å². The molecule has 3 rings (SSSR count). The van der Waals surface area contributed by atoms with E-state index >= 15 is 0 Å². The number of aromatic nitrogens is 3. The van der Waals surface area contributed by atoms with Crippen molar-refractivity contribution < 1.29 is 14.9 Å². The number of ether oxygens (including phenoxy) is 1. The van der Waals surface area contributed by atoms with E-state index in [0.29, 0.717) is 38.4 Å². The van der Waals surface area contributed by atoms with Gasteiger partial charge in [0.05, 0.1) is 25.0 Å². The Balaban J connectivity index is 1.61. The minimum Gasteiger partial charge on any atom is -0.477 e. The second kappa shape index (κ2) is 7.51. The van der Waals surface area contributed by atoms with Crippen LogP contribution < -0.4 is 10.1 Å². The average molecular weight is 346 g/mol. The normalized spacial score (nSPS) is 26.1. The Labute approximate surface area is 147 Å². The summed E-state index contributed by atoms with van der Waals surface area (Å²) < 4.78 is 7.65. The van der Waals surface area contributed by atoms with Crippen LogP contribution in [-0.2, 0) is 13.6 Å². The first-order valence-electron chi connectivity index (χ1n) is 8.57. The third kappa shape index (κ3) is 4.56. The number of aliphatic hydroxyl groups is 2. The maximum absolute atomic E-state index is 10.0. The molecule has 136 valence electrons. The van der Waals surface area contributed by atoms with Gasteiger partial charge in [-0.25, -0.2) is 4.98 Å². The van der Waals surface area contributed by atoms with Crippen LogP contribution in [0.15, 0.2) is 30.6 Å². The molecule has 1 saturated carbocycles. The van der Waals surface area contributed by atoms with Crippen LogP contribution in [0, 0.1) is 12.3 Å². The highest BCUT2D eigenvalue weighted by Gasteiger charge is 2.44. The summed E-state index contributed by atoms with van der Waals surface area (Å²) in [5.41, 5.74) is 1.66. The minimum absolute atomic E-state index is 0.327. The van der Waals surface area contributed by atoms with Gasteiger partial charge in [0, 0.05) is 49.1 Å². The molecule has 2 aromatic rings. The number of hydrogen-bond donors (Lipinski definition) is 3. The van der Waals surface area contributed by atoms with Gasteiger partial charge in [-0.2, -0.15) is 5.10 Å². The topological polar surface area (TPSA) is 92.4 Å². The molecule has 0 amide bonds. The van der Waals surface area contributed by atoms with E-state index in [-0.39, 0.29) is 5.41 Å². The first-order chi connectivity index (χ1) is 12.0. The lowest BCUT2D eigenvalue weighted by Gasteiger charge is -2.29. The van der Waals surface area contributed by atoms with Crippen LogP contribution in [0.5, 0.6) is 5.88 Å². The van der Waals surface area contributed by atoms with Crippen LogP contribution in [0.1, 0.15) is 24.1 Å². The Morgan fingerprint density at radius 3 is 2.72 bits per heavy atom. The SMILES string of the molecule is Cc1cccc(OCC2(CNCc3cnn(C)c3)C[C@@H](O)[C@@H](O)C2)n1. The van der Waals surface area contributed by atoms with Crippen molar-refractivity contribution in [1.29, 1.82) is 0 Å². The van der Waals surface area contributed by atoms with E-state index < -0.39 is 12.2 Å². The molecule has 0 radical (unpaired) electrons. The highest BCUT2D eigenvalue weighted by atomic mass is 16.5. The molecule has 7 heteroatoms. The lowest BCUT2D eigenvalue weighted by Crippen LogP contribution is -2.38. The molecule has 3 atom stereocenters. The molecule has 2 heterocycles. The van der Waals surface area contributed by atoms with Crippen LogP contribution >= 0.6 is 0 Å². The average Bonchev–Trinajstić information content (AvgIpc) is 3.10. The molecule has 2 aromatic heterocycles. The van der Waals surface area contributed by atoms with Gasteiger partial charge in [-0.1, -0.05) is 6.07 Å². The monoisotopic (exact) mass is 346 g/mol. The minimum atomic E-state index is -0.714. The molecule has 3 N–H and O–H groups in total. The van der Waals surface area contributed by atoms with Gasteiger partial charge in [0.2, 0.25) is 5.88 Å². The molecule has 0 aliphatic heterocycles. The summed E-state index contributed by atoms with van der Waals surface area (Å²) in [6.45, 7) is 3.64. The van der Waals surface area contributed by atoms with E-state index in [2.05, 4.69) is 15.4 Å². The second-order valence-corrected chi connectivity index (χ2v) is 7.07. The van der Waals surface area contributed by atoms with Crippen LogP contribution in [0.25, 0.3) is 0 Å². The summed E-state index contributed by atoms with van der Waals surface area (Å²) in [6.07, 6.45) is 3.36. The number of hydrogen-bond acceptors (Lipinski definition) is 6. The Bertz CT molecular complexity index is 693. The van der Waals surface area contributed by atoms with Gasteiger partial charge in [0.1, 0.15) is 0 Å². The van der Waals surface area contributed by atoms with Gasteiger partial charge in [-0.3, -0.25) is 4.68 Å². The van der Waals surface area contributed by atoms with Crippen LogP contribution in [-0.4, -0.2) is 50.3 Å². The molecule has 25 heavy (non-hydrogen) atoms. The largest absolute Gasteiger partial charge is 0.477 e. The fourth-order valence-corrected chi connectivity index (χ4v) is 3.42. The van der Waals surface area contributed by atoms with Crippen LogP contribution in [0.3, 0.4) is 0 Å². The third-order valence-electron chi connectivity index (χ3n) is 4.70. The lowest BCUT2D eigenvalue weighted by molar-refractivity contribution is 0.0438. The Kier molecular flexibility index (Phi) is 5.36. The standard InChI is InChI=1S/C18H26N4O3/c1-13-4-3-5-17(21-13)25-12-18(6-15(23)16(24)7-18)11-19-8-14-9-20-22(2)10-14/h3-5,9-10,15-16,19,23-24H,6-8,11-12H2,1-2H3/t15-,16+,18?. The number of aryl methyl sites for hydroxylation is 2. The highest BCUT2D eigenvalue weighted by Crippen LogP contribution is 2.38. The van der Waals surface area contributed by atoms with Crippen molar-refractivity contribution in [1.82, 2.24) is 20.1 Å². The fourth-order valence-electron chi connectivity index (χ4n) is 3.42. The predicted octanol–water partition coefficient (Wildman–Crippen LogP) is 0.794. The summed E-state index contributed by atoms with van der Waals surface area (Å²) in [5.74, 6) is 0.572. The van der Waals surface area contributed by atoms with E-state index in [0.717, 1.165) is 11.3 Å². The zero-order chi connectivity index (χ0) is 17.9. The summed E-state index contributed by atoms with van der Waals surface area (Å²) in [6, 6.07) is 5.65. The van der Waals surface area contributed by atoms with Crippen molar-refractivity contribution in [3.05, 3.63) is 41.9 Å². The number of aliphatic hydroxyl groups excluding tert-OH is 2. The van der Waals surface area contributed by atoms with Gasteiger partial charge in [-0.05, 0) is 25.8 Å². The highest BCUT2D eigenvalue weighted by molar-refractivity contribution is 5.15. The van der Waals surface area contributed by atoms with Crippen molar-refractivity contribution in [2.75, 3.05) is 13.2 Å². The molecule has 7 nitrogen and oxygen atoms in total. The van der Waals surface area contributed by atoms with Crippen molar-refractivity contribution in [2.45, 2.75) is 38.5 Å². The Morgan fingerprint density at radius 1 is 1.32 bits per heavy atom.